The molecule has 0 aliphatic rings. The fourth-order valence-electron chi connectivity index (χ4n) is 1.91. The Labute approximate surface area is 138 Å². The minimum absolute atomic E-state index is 0.0786. The molecule has 0 aliphatic heterocycles. The van der Waals surface area contributed by atoms with Crippen molar-refractivity contribution in [3.05, 3.63) is 62.0 Å². The zero-order valence-corrected chi connectivity index (χ0v) is 15.3. The van der Waals surface area contributed by atoms with Crippen LogP contribution in [0.3, 0.4) is 0 Å². The first-order valence-corrected chi connectivity index (χ1v) is 8.26. The maximum absolute atomic E-state index is 5.44. The third-order valence-corrected chi connectivity index (χ3v) is 5.06. The Balaban J connectivity index is 2.49. The molecule has 2 rings (SSSR count). The zero-order valence-electron chi connectivity index (χ0n) is 10.6. The SMILES string of the molecule is COc1ccc(Br)cc1C(Br)c1ccc(C)cc1Br. The van der Waals surface area contributed by atoms with Gasteiger partial charge in [-0.1, -0.05) is 59.9 Å². The average molecular weight is 449 g/mol. The van der Waals surface area contributed by atoms with Crippen LogP contribution in [0.25, 0.3) is 0 Å². The lowest BCUT2D eigenvalue weighted by Gasteiger charge is -2.17. The van der Waals surface area contributed by atoms with Crippen LogP contribution in [0, 0.1) is 6.92 Å². The summed E-state index contributed by atoms with van der Waals surface area (Å²) in [7, 11) is 1.69. The Kier molecular flexibility index (Phi) is 5.09. The van der Waals surface area contributed by atoms with Crippen molar-refractivity contribution in [2.24, 2.45) is 0 Å². The van der Waals surface area contributed by atoms with Crippen molar-refractivity contribution in [3.63, 3.8) is 0 Å². The van der Waals surface area contributed by atoms with Crippen molar-refractivity contribution in [2.75, 3.05) is 7.11 Å². The summed E-state index contributed by atoms with van der Waals surface area (Å²) >= 11 is 10.9. The van der Waals surface area contributed by atoms with Gasteiger partial charge in [0.1, 0.15) is 5.75 Å². The van der Waals surface area contributed by atoms with Gasteiger partial charge < -0.3 is 4.74 Å². The number of aryl methyl sites for hydroxylation is 1. The van der Waals surface area contributed by atoms with Crippen LogP contribution in [0.5, 0.6) is 5.75 Å². The molecule has 1 nitrogen and oxygen atoms in total. The highest BCUT2D eigenvalue weighted by molar-refractivity contribution is 9.11. The summed E-state index contributed by atoms with van der Waals surface area (Å²) in [6, 6.07) is 12.4. The molecule has 2 aromatic rings. The first-order chi connectivity index (χ1) is 9.02. The Morgan fingerprint density at radius 3 is 2.37 bits per heavy atom. The minimum Gasteiger partial charge on any atom is -0.496 e. The number of rotatable bonds is 3. The van der Waals surface area contributed by atoms with E-state index in [4.69, 9.17) is 4.74 Å². The van der Waals surface area contributed by atoms with Crippen LogP contribution in [0.1, 0.15) is 21.5 Å². The van der Waals surface area contributed by atoms with Gasteiger partial charge in [0.25, 0.3) is 0 Å². The number of methoxy groups -OCH3 is 1. The highest BCUT2D eigenvalue weighted by atomic mass is 79.9. The summed E-state index contributed by atoms with van der Waals surface area (Å²) in [5.74, 6) is 0.873. The second-order valence-electron chi connectivity index (χ2n) is 4.27. The molecule has 0 aliphatic carbocycles. The smallest absolute Gasteiger partial charge is 0.123 e. The van der Waals surface area contributed by atoms with Gasteiger partial charge in [0.2, 0.25) is 0 Å². The molecule has 0 aromatic heterocycles. The fraction of sp³-hybridized carbons (Fsp3) is 0.200. The van der Waals surface area contributed by atoms with Crippen LogP contribution in [0.2, 0.25) is 0 Å². The number of halogens is 3. The van der Waals surface area contributed by atoms with Gasteiger partial charge in [0.15, 0.2) is 0 Å². The number of ether oxygens (including phenoxy) is 1. The van der Waals surface area contributed by atoms with Gasteiger partial charge in [0.05, 0.1) is 11.9 Å². The topological polar surface area (TPSA) is 9.23 Å². The number of benzene rings is 2. The van der Waals surface area contributed by atoms with Crippen LogP contribution in [0.15, 0.2) is 45.3 Å². The van der Waals surface area contributed by atoms with Gasteiger partial charge in [-0.05, 0) is 42.3 Å². The maximum atomic E-state index is 5.44. The number of alkyl halides is 1. The van der Waals surface area contributed by atoms with Gasteiger partial charge in [0, 0.05) is 14.5 Å². The molecule has 0 spiro atoms. The van der Waals surface area contributed by atoms with Crippen LogP contribution < -0.4 is 4.74 Å². The third-order valence-electron chi connectivity index (χ3n) is 2.89. The van der Waals surface area contributed by atoms with E-state index in [0.29, 0.717) is 0 Å². The number of hydrogen-bond acceptors (Lipinski definition) is 1. The predicted octanol–water partition coefficient (Wildman–Crippen LogP) is 6.01. The Morgan fingerprint density at radius 1 is 1.00 bits per heavy atom. The van der Waals surface area contributed by atoms with Crippen molar-refractivity contribution in [2.45, 2.75) is 11.8 Å². The van der Waals surface area contributed by atoms with Crippen molar-refractivity contribution < 1.29 is 4.74 Å². The molecule has 2 aromatic carbocycles. The van der Waals surface area contributed by atoms with Gasteiger partial charge >= 0.3 is 0 Å². The van der Waals surface area contributed by atoms with Gasteiger partial charge in [-0.25, -0.2) is 0 Å². The van der Waals surface area contributed by atoms with Crippen LogP contribution in [-0.4, -0.2) is 7.11 Å². The molecule has 4 heteroatoms. The predicted molar refractivity (Wildman–Crippen MR) is 90.3 cm³/mol. The van der Waals surface area contributed by atoms with E-state index in [9.17, 15) is 0 Å². The monoisotopic (exact) mass is 446 g/mol. The number of hydrogen-bond donors (Lipinski definition) is 0. The second-order valence-corrected chi connectivity index (χ2v) is 6.96. The van der Waals surface area contributed by atoms with Crippen molar-refractivity contribution in [1.29, 1.82) is 0 Å². The molecule has 0 radical (unpaired) electrons. The first-order valence-electron chi connectivity index (χ1n) is 5.76. The van der Waals surface area contributed by atoms with E-state index in [1.165, 1.54) is 11.1 Å². The van der Waals surface area contributed by atoms with Crippen LogP contribution in [0.4, 0.5) is 0 Å². The van der Waals surface area contributed by atoms with Crippen molar-refractivity contribution in [3.8, 4) is 5.75 Å². The molecule has 0 saturated carbocycles. The summed E-state index contributed by atoms with van der Waals surface area (Å²) in [5.41, 5.74) is 3.51. The molecular formula is C15H13Br3O. The molecule has 0 heterocycles. The summed E-state index contributed by atoms with van der Waals surface area (Å²) in [6.07, 6.45) is 0. The third kappa shape index (κ3) is 3.41. The molecule has 1 unspecified atom stereocenters. The lowest BCUT2D eigenvalue weighted by Crippen LogP contribution is -1.98. The highest BCUT2D eigenvalue weighted by Gasteiger charge is 2.18. The van der Waals surface area contributed by atoms with Crippen LogP contribution in [-0.2, 0) is 0 Å². The normalized spacial score (nSPS) is 12.3. The summed E-state index contributed by atoms with van der Waals surface area (Å²) < 4.78 is 7.57. The minimum atomic E-state index is 0.0786. The fourth-order valence-corrected chi connectivity index (χ4v) is 4.07. The average Bonchev–Trinajstić information content (AvgIpc) is 2.38. The molecule has 0 saturated heterocycles. The summed E-state index contributed by atoms with van der Waals surface area (Å²) in [6.45, 7) is 2.08. The van der Waals surface area contributed by atoms with E-state index < -0.39 is 0 Å². The van der Waals surface area contributed by atoms with Crippen molar-refractivity contribution >= 4 is 47.8 Å². The van der Waals surface area contributed by atoms with E-state index in [1.807, 2.05) is 12.1 Å². The lowest BCUT2D eigenvalue weighted by molar-refractivity contribution is 0.410. The molecule has 0 bridgehead atoms. The lowest BCUT2D eigenvalue weighted by atomic mass is 10.0. The van der Waals surface area contributed by atoms with Gasteiger partial charge in [-0.2, -0.15) is 0 Å². The zero-order chi connectivity index (χ0) is 14.0. The molecular weight excluding hydrogens is 436 g/mol. The molecule has 0 amide bonds. The molecule has 100 valence electrons. The standard InChI is InChI=1S/C15H13Br3O/c1-9-3-5-11(13(17)7-9)15(18)12-8-10(16)4-6-14(12)19-2/h3-8,15H,1-2H3. The quantitative estimate of drug-likeness (QED) is 0.522. The second kappa shape index (κ2) is 6.42. The Morgan fingerprint density at radius 2 is 1.74 bits per heavy atom. The summed E-state index contributed by atoms with van der Waals surface area (Å²) in [5, 5.41) is 0. The molecule has 0 N–H and O–H groups in total. The molecule has 1 atom stereocenters. The largest absolute Gasteiger partial charge is 0.496 e. The maximum Gasteiger partial charge on any atom is 0.123 e. The van der Waals surface area contributed by atoms with Gasteiger partial charge in [-0.3, -0.25) is 0 Å². The first kappa shape index (κ1) is 15.1. The van der Waals surface area contributed by atoms with Crippen molar-refractivity contribution in [1.82, 2.24) is 0 Å². The van der Waals surface area contributed by atoms with Gasteiger partial charge in [-0.15, -0.1) is 0 Å². The molecule has 0 fully saturated rings. The van der Waals surface area contributed by atoms with E-state index in [0.717, 1.165) is 20.3 Å². The Bertz CT molecular complexity index is 596. The Hall–Kier alpha value is -0.320. The molecule has 19 heavy (non-hydrogen) atoms. The van der Waals surface area contributed by atoms with E-state index in [-0.39, 0.29) is 4.83 Å². The highest BCUT2D eigenvalue weighted by Crippen LogP contribution is 2.40. The summed E-state index contributed by atoms with van der Waals surface area (Å²) in [4.78, 5) is 0.0786. The van der Waals surface area contributed by atoms with E-state index in [1.54, 1.807) is 7.11 Å². The van der Waals surface area contributed by atoms with Crippen LogP contribution >= 0.6 is 47.8 Å². The van der Waals surface area contributed by atoms with E-state index in [2.05, 4.69) is 79.0 Å². The van der Waals surface area contributed by atoms with E-state index >= 15 is 0 Å².